The first-order valence-corrected chi connectivity index (χ1v) is 8.30. The van der Waals surface area contributed by atoms with Gasteiger partial charge in [-0.15, -0.1) is 0 Å². The molecule has 0 aromatic heterocycles. The Kier molecular flexibility index (Phi) is 6.16. The zero-order valence-electron chi connectivity index (χ0n) is 13.8. The van der Waals surface area contributed by atoms with Gasteiger partial charge in [-0.05, 0) is 18.4 Å². The third-order valence-corrected chi connectivity index (χ3v) is 4.42. The molecule has 1 aliphatic carbocycles. The molecule has 0 spiro atoms. The summed E-state index contributed by atoms with van der Waals surface area (Å²) < 4.78 is 0. The Morgan fingerprint density at radius 2 is 1.83 bits per heavy atom. The minimum Gasteiger partial charge on any atom is -0.380 e. The second-order valence-electron chi connectivity index (χ2n) is 6.33. The number of nitrogens with zero attached hydrogens (tertiary/aromatic N) is 1. The number of nitrogens with one attached hydrogen (secondary N) is 1. The minimum atomic E-state index is -1.24. The zero-order chi connectivity index (χ0) is 16.7. The van der Waals surface area contributed by atoms with Gasteiger partial charge in [0.15, 0.2) is 0 Å². The number of carbonyl (C=O) groups excluding carboxylic acids is 2. The average molecular weight is 318 g/mol. The Morgan fingerprint density at radius 3 is 2.48 bits per heavy atom. The summed E-state index contributed by atoms with van der Waals surface area (Å²) in [5.41, 5.74) is -0.166. The zero-order valence-corrected chi connectivity index (χ0v) is 13.8. The predicted octanol–water partition coefficient (Wildman–Crippen LogP) is 1.85. The molecule has 5 heteroatoms. The normalized spacial score (nSPS) is 16.6. The molecular formula is C18H26N2O3. The summed E-state index contributed by atoms with van der Waals surface area (Å²) in [6, 6.07) is 9.78. The van der Waals surface area contributed by atoms with Crippen molar-refractivity contribution in [2.45, 2.75) is 50.7 Å². The van der Waals surface area contributed by atoms with Gasteiger partial charge in [0, 0.05) is 26.6 Å². The second kappa shape index (κ2) is 8.11. The van der Waals surface area contributed by atoms with Gasteiger partial charge >= 0.3 is 0 Å². The van der Waals surface area contributed by atoms with Crippen LogP contribution in [-0.2, 0) is 16.1 Å². The third-order valence-electron chi connectivity index (χ3n) is 4.42. The molecule has 2 N–H and O–H groups in total. The Labute approximate surface area is 137 Å². The number of hydrogen-bond acceptors (Lipinski definition) is 3. The van der Waals surface area contributed by atoms with E-state index in [9.17, 15) is 14.7 Å². The van der Waals surface area contributed by atoms with Crippen molar-refractivity contribution >= 4 is 11.8 Å². The molecule has 0 unspecified atom stereocenters. The smallest absolute Gasteiger partial charge is 0.251 e. The summed E-state index contributed by atoms with van der Waals surface area (Å²) in [6.07, 6.45) is 4.09. The Balaban J connectivity index is 1.72. The SMILES string of the molecule is CN(Cc1ccccc1)C(=O)CCNC(=O)C1(O)CCCCC1. The first kappa shape index (κ1) is 17.5. The van der Waals surface area contributed by atoms with Crippen LogP contribution in [-0.4, -0.2) is 41.0 Å². The molecule has 0 radical (unpaired) electrons. The topological polar surface area (TPSA) is 69.6 Å². The van der Waals surface area contributed by atoms with Gasteiger partial charge in [0.25, 0.3) is 5.91 Å². The molecule has 2 rings (SSSR count). The number of hydrogen-bond donors (Lipinski definition) is 2. The molecule has 0 aliphatic heterocycles. The van der Waals surface area contributed by atoms with Gasteiger partial charge < -0.3 is 15.3 Å². The van der Waals surface area contributed by atoms with Gasteiger partial charge in [0.1, 0.15) is 5.60 Å². The lowest BCUT2D eigenvalue weighted by atomic mass is 9.84. The fourth-order valence-corrected chi connectivity index (χ4v) is 2.95. The summed E-state index contributed by atoms with van der Waals surface area (Å²) in [5.74, 6) is -0.361. The second-order valence-corrected chi connectivity index (χ2v) is 6.33. The van der Waals surface area contributed by atoms with Crippen molar-refractivity contribution in [2.75, 3.05) is 13.6 Å². The van der Waals surface area contributed by atoms with Crippen LogP contribution in [0.4, 0.5) is 0 Å². The predicted molar refractivity (Wildman–Crippen MR) is 88.6 cm³/mol. The summed E-state index contributed by atoms with van der Waals surface area (Å²) >= 11 is 0. The van der Waals surface area contributed by atoms with Gasteiger partial charge in [-0.25, -0.2) is 0 Å². The number of amides is 2. The van der Waals surface area contributed by atoms with E-state index in [4.69, 9.17) is 0 Å². The minimum absolute atomic E-state index is 0.0233. The number of benzene rings is 1. The van der Waals surface area contributed by atoms with E-state index in [0.29, 0.717) is 19.4 Å². The monoisotopic (exact) mass is 318 g/mol. The highest BCUT2D eigenvalue weighted by Gasteiger charge is 2.36. The molecule has 0 bridgehead atoms. The van der Waals surface area contributed by atoms with Crippen LogP contribution in [0.5, 0.6) is 0 Å². The van der Waals surface area contributed by atoms with Crippen LogP contribution in [0.15, 0.2) is 30.3 Å². The maximum absolute atomic E-state index is 12.1. The Bertz CT molecular complexity index is 524. The van der Waals surface area contributed by atoms with Crippen LogP contribution >= 0.6 is 0 Å². The molecule has 1 saturated carbocycles. The van der Waals surface area contributed by atoms with E-state index in [1.165, 1.54) is 0 Å². The summed E-state index contributed by atoms with van der Waals surface area (Å²) in [5, 5.41) is 13.0. The maximum atomic E-state index is 12.1. The van der Waals surface area contributed by atoms with E-state index in [0.717, 1.165) is 24.8 Å². The first-order chi connectivity index (χ1) is 11.0. The number of aliphatic hydroxyl groups is 1. The molecule has 2 amide bonds. The molecule has 0 saturated heterocycles. The van der Waals surface area contributed by atoms with Gasteiger partial charge in [0.05, 0.1) is 0 Å². The van der Waals surface area contributed by atoms with Crippen LogP contribution in [0.1, 0.15) is 44.1 Å². The summed E-state index contributed by atoms with van der Waals surface area (Å²) in [6.45, 7) is 0.816. The molecule has 0 heterocycles. The molecule has 5 nitrogen and oxygen atoms in total. The first-order valence-electron chi connectivity index (χ1n) is 8.30. The van der Waals surface area contributed by atoms with E-state index in [2.05, 4.69) is 5.32 Å². The van der Waals surface area contributed by atoms with Gasteiger partial charge in [-0.3, -0.25) is 9.59 Å². The van der Waals surface area contributed by atoms with Crippen molar-refractivity contribution in [2.24, 2.45) is 0 Å². The highest BCUT2D eigenvalue weighted by Crippen LogP contribution is 2.27. The van der Waals surface area contributed by atoms with E-state index in [1.54, 1.807) is 11.9 Å². The van der Waals surface area contributed by atoms with Crippen molar-refractivity contribution in [1.29, 1.82) is 0 Å². The largest absolute Gasteiger partial charge is 0.380 e. The fraction of sp³-hybridized carbons (Fsp3) is 0.556. The summed E-state index contributed by atoms with van der Waals surface area (Å²) in [4.78, 5) is 25.8. The average Bonchev–Trinajstić information content (AvgIpc) is 2.56. The highest BCUT2D eigenvalue weighted by atomic mass is 16.3. The lowest BCUT2D eigenvalue weighted by Crippen LogP contribution is -2.48. The molecular weight excluding hydrogens is 292 g/mol. The molecule has 1 fully saturated rings. The Hall–Kier alpha value is -1.88. The van der Waals surface area contributed by atoms with Gasteiger partial charge in [0.2, 0.25) is 5.91 Å². The molecule has 1 aliphatic rings. The van der Waals surface area contributed by atoms with Crippen molar-refractivity contribution in [3.05, 3.63) is 35.9 Å². The molecule has 126 valence electrons. The van der Waals surface area contributed by atoms with Gasteiger partial charge in [-0.1, -0.05) is 49.6 Å². The summed E-state index contributed by atoms with van der Waals surface area (Å²) in [7, 11) is 1.76. The van der Waals surface area contributed by atoms with E-state index in [-0.39, 0.29) is 24.8 Å². The van der Waals surface area contributed by atoms with Crippen LogP contribution < -0.4 is 5.32 Å². The highest BCUT2D eigenvalue weighted by molar-refractivity contribution is 5.85. The van der Waals surface area contributed by atoms with Crippen LogP contribution in [0.25, 0.3) is 0 Å². The van der Waals surface area contributed by atoms with Crippen LogP contribution in [0.2, 0.25) is 0 Å². The number of carbonyl (C=O) groups is 2. The van der Waals surface area contributed by atoms with E-state index >= 15 is 0 Å². The maximum Gasteiger partial charge on any atom is 0.251 e. The quantitative estimate of drug-likeness (QED) is 0.841. The third kappa shape index (κ3) is 5.06. The molecule has 0 atom stereocenters. The van der Waals surface area contributed by atoms with Crippen LogP contribution in [0.3, 0.4) is 0 Å². The van der Waals surface area contributed by atoms with Crippen LogP contribution in [0, 0.1) is 0 Å². The molecule has 1 aromatic rings. The van der Waals surface area contributed by atoms with Crippen molar-refractivity contribution in [3.8, 4) is 0 Å². The number of rotatable bonds is 6. The fourth-order valence-electron chi connectivity index (χ4n) is 2.95. The Morgan fingerprint density at radius 1 is 1.17 bits per heavy atom. The van der Waals surface area contributed by atoms with E-state index in [1.807, 2.05) is 30.3 Å². The lowest BCUT2D eigenvalue weighted by Gasteiger charge is -2.30. The lowest BCUT2D eigenvalue weighted by molar-refractivity contribution is -0.143. The van der Waals surface area contributed by atoms with Crippen molar-refractivity contribution < 1.29 is 14.7 Å². The van der Waals surface area contributed by atoms with Crippen molar-refractivity contribution in [1.82, 2.24) is 10.2 Å². The standard InChI is InChI=1S/C18H26N2O3/c1-20(14-15-8-4-2-5-9-15)16(21)10-13-19-17(22)18(23)11-6-3-7-12-18/h2,4-5,8-9,23H,3,6-7,10-14H2,1H3,(H,19,22). The molecule has 23 heavy (non-hydrogen) atoms. The molecule has 1 aromatic carbocycles. The van der Waals surface area contributed by atoms with Gasteiger partial charge in [-0.2, -0.15) is 0 Å². The van der Waals surface area contributed by atoms with Crippen molar-refractivity contribution in [3.63, 3.8) is 0 Å². The van der Waals surface area contributed by atoms with E-state index < -0.39 is 5.60 Å².